The van der Waals surface area contributed by atoms with Gasteiger partial charge in [0.05, 0.1) is 0 Å². The van der Waals surface area contributed by atoms with E-state index in [1.165, 1.54) is 3.82 Å². The molecule has 0 fully saturated rings. The van der Waals surface area contributed by atoms with Crippen molar-refractivity contribution < 1.29 is 19.4 Å². The number of benzene rings is 2. The second-order valence-electron chi connectivity index (χ2n) is 4.99. The van der Waals surface area contributed by atoms with E-state index >= 15 is 0 Å². The van der Waals surface area contributed by atoms with Crippen LogP contribution < -0.4 is 0 Å². The van der Waals surface area contributed by atoms with E-state index in [2.05, 4.69) is 0 Å². The Kier molecular flexibility index (Phi) is 6.24. The van der Waals surface area contributed by atoms with Gasteiger partial charge in [0.25, 0.3) is 0 Å². The average Bonchev–Trinajstić information content (AvgIpc) is 2.58. The summed E-state index contributed by atoms with van der Waals surface area (Å²) in [6.45, 7) is 0.123. The molecule has 2 aromatic rings. The van der Waals surface area contributed by atoms with Crippen LogP contribution in [0.3, 0.4) is 0 Å². The van der Waals surface area contributed by atoms with Gasteiger partial charge in [-0.2, -0.15) is 0 Å². The van der Waals surface area contributed by atoms with Crippen molar-refractivity contribution in [1.29, 1.82) is 0 Å². The van der Waals surface area contributed by atoms with Crippen LogP contribution in [0.5, 0.6) is 0 Å². The first-order valence-electron chi connectivity index (χ1n) is 7.09. The van der Waals surface area contributed by atoms with E-state index in [1.54, 1.807) is 0 Å². The Bertz CT molecular complexity index is 648. The van der Waals surface area contributed by atoms with Gasteiger partial charge >= 0.3 is 143 Å². The molecule has 0 aliphatic rings. The molecule has 1 unspecified atom stereocenters. The number of ether oxygens (including phenoxy) is 1. The third kappa shape index (κ3) is 5.15. The van der Waals surface area contributed by atoms with E-state index < -0.39 is 18.1 Å². The van der Waals surface area contributed by atoms with Crippen LogP contribution in [0, 0.1) is 0 Å². The van der Waals surface area contributed by atoms with Gasteiger partial charge in [-0.15, -0.1) is 0 Å². The monoisotopic (exact) mass is 375 g/mol. The molecule has 0 saturated carbocycles. The van der Waals surface area contributed by atoms with Crippen LogP contribution in [0.4, 0.5) is 4.79 Å². The number of carbonyl (C=O) groups excluding carboxylic acids is 1. The Morgan fingerprint density at radius 3 is 2.04 bits per heavy atom. The number of carboxylic acids is 1. The topological polar surface area (TPSA) is 66.8 Å². The predicted molar refractivity (Wildman–Crippen MR) is 88.6 cm³/mol. The number of carbonyl (C=O) groups is 2. The summed E-state index contributed by atoms with van der Waals surface area (Å²) in [7, 11) is 0. The molecule has 6 heteroatoms. The van der Waals surface area contributed by atoms with Crippen molar-refractivity contribution in [2.45, 2.75) is 19.1 Å². The maximum absolute atomic E-state index is 12.1. The van der Waals surface area contributed by atoms with Gasteiger partial charge in [-0.05, 0) is 0 Å². The Balaban J connectivity index is 1.98. The summed E-state index contributed by atoms with van der Waals surface area (Å²) in [5.74, 6) is -1.05. The fraction of sp³-hybridized carbons (Fsp3) is 0.176. The molecule has 0 radical (unpaired) electrons. The number of rotatable bonds is 6. The van der Waals surface area contributed by atoms with Crippen LogP contribution in [0.25, 0.3) is 0 Å². The summed E-state index contributed by atoms with van der Waals surface area (Å²) in [4.78, 5) is 23.6. The van der Waals surface area contributed by atoms with E-state index in [4.69, 9.17) is 4.74 Å². The van der Waals surface area contributed by atoms with Crippen molar-refractivity contribution in [3.63, 3.8) is 0 Å². The quantitative estimate of drug-likeness (QED) is 0.783. The van der Waals surface area contributed by atoms with Gasteiger partial charge in [0, 0.05) is 0 Å². The van der Waals surface area contributed by atoms with Crippen LogP contribution in [-0.2, 0) is 22.6 Å². The van der Waals surface area contributed by atoms with Crippen LogP contribution in [0.15, 0.2) is 60.7 Å². The summed E-state index contributed by atoms with van der Waals surface area (Å²) < 4.78 is 6.38. The second kappa shape index (κ2) is 8.39. The van der Waals surface area contributed by atoms with Crippen LogP contribution in [-0.4, -0.2) is 44.1 Å². The average molecular weight is 375 g/mol. The van der Waals surface area contributed by atoms with Crippen LogP contribution in [0.2, 0.25) is 0 Å². The molecule has 120 valence electrons. The fourth-order valence-corrected chi connectivity index (χ4v) is 2.71. The Morgan fingerprint density at radius 1 is 1.00 bits per heavy atom. The van der Waals surface area contributed by atoms with Crippen molar-refractivity contribution in [2.24, 2.45) is 0 Å². The molecular weight excluding hydrogens is 357 g/mol. The zero-order chi connectivity index (χ0) is 16.7. The van der Waals surface area contributed by atoms with Crippen LogP contribution in [0.1, 0.15) is 11.1 Å². The fourth-order valence-electron chi connectivity index (χ4n) is 2.06. The summed E-state index contributed by atoms with van der Waals surface area (Å²) in [6, 6.07) is 17.5. The van der Waals surface area contributed by atoms with Gasteiger partial charge < -0.3 is 0 Å². The van der Waals surface area contributed by atoms with Gasteiger partial charge in [0.15, 0.2) is 0 Å². The molecule has 0 aliphatic heterocycles. The molecule has 1 amide bonds. The Morgan fingerprint density at radius 2 is 1.52 bits per heavy atom. The minimum atomic E-state index is -1.05. The standard InChI is InChI=1S/C17H18AsNO4/c18-19(17(22)23-12-14-9-5-2-6-10-14)15(16(20)21)11-13-7-3-1-4-8-13/h1-10,15H,11-12,18H2,(H,20,21)/t15-/m0/s1. The zero-order valence-electron chi connectivity index (χ0n) is 12.5. The third-order valence-electron chi connectivity index (χ3n) is 3.31. The molecule has 2 atom stereocenters. The summed E-state index contributed by atoms with van der Waals surface area (Å²) in [6.07, 6.45) is -0.383. The number of nitrogens with zero attached hydrogens (tertiary/aromatic N) is 1. The Labute approximate surface area is 143 Å². The molecule has 0 bridgehead atoms. The van der Waals surface area contributed by atoms with E-state index in [1.807, 2.05) is 60.7 Å². The normalized spacial score (nSPS) is 11.5. The molecule has 23 heavy (non-hydrogen) atoms. The van der Waals surface area contributed by atoms with Crippen molar-refractivity contribution in [3.05, 3.63) is 71.8 Å². The SMILES string of the molecule is O=C(O)[C@H](Cc1ccccc1)N([AsH2])C(=O)OCc1ccccc1. The molecule has 0 spiro atoms. The van der Waals surface area contributed by atoms with Crippen molar-refractivity contribution in [1.82, 2.24) is 3.82 Å². The first-order chi connectivity index (χ1) is 11.1. The van der Waals surface area contributed by atoms with Gasteiger partial charge in [0.1, 0.15) is 0 Å². The number of hydrogen-bond acceptors (Lipinski definition) is 3. The van der Waals surface area contributed by atoms with Crippen molar-refractivity contribution in [2.75, 3.05) is 0 Å². The molecule has 2 rings (SSSR count). The number of hydrogen-bond donors (Lipinski definition) is 1. The first-order valence-corrected chi connectivity index (χ1v) is 8.17. The van der Waals surface area contributed by atoms with Crippen molar-refractivity contribution in [3.8, 4) is 0 Å². The maximum atomic E-state index is 12.1. The number of amides is 1. The molecule has 0 aromatic heterocycles. The molecule has 1 N–H and O–H groups in total. The molecule has 0 aliphatic carbocycles. The van der Waals surface area contributed by atoms with Gasteiger partial charge in [-0.3, -0.25) is 0 Å². The summed E-state index contributed by atoms with van der Waals surface area (Å²) in [5.41, 5.74) is 1.72. The van der Waals surface area contributed by atoms with E-state index in [-0.39, 0.29) is 13.0 Å². The minimum absolute atomic E-state index is 0.123. The molecule has 2 aromatic carbocycles. The second-order valence-corrected chi connectivity index (χ2v) is 6.16. The van der Waals surface area contributed by atoms with Gasteiger partial charge in [-0.1, -0.05) is 0 Å². The summed E-state index contributed by atoms with van der Waals surface area (Å²) >= 11 is 0.913. The molecule has 5 nitrogen and oxygen atoms in total. The van der Waals surface area contributed by atoms with Gasteiger partial charge in [0.2, 0.25) is 0 Å². The zero-order valence-corrected chi connectivity index (χ0v) is 14.9. The van der Waals surface area contributed by atoms with Crippen molar-refractivity contribution >= 4 is 29.1 Å². The van der Waals surface area contributed by atoms with E-state index in [0.29, 0.717) is 0 Å². The van der Waals surface area contributed by atoms with Crippen LogP contribution >= 0.6 is 0 Å². The van der Waals surface area contributed by atoms with Gasteiger partial charge in [-0.25, -0.2) is 0 Å². The van der Waals surface area contributed by atoms with E-state index in [0.717, 1.165) is 28.2 Å². The third-order valence-corrected chi connectivity index (χ3v) is 4.51. The Hall–Kier alpha value is -2.26. The number of carboxylic acid groups (broad SMARTS) is 1. The molecular formula is C17H18AsNO4. The van der Waals surface area contributed by atoms with E-state index in [9.17, 15) is 14.7 Å². The first kappa shape index (κ1) is 17.1. The summed E-state index contributed by atoms with van der Waals surface area (Å²) in [5, 5.41) is 9.40. The number of aliphatic carboxylic acids is 1. The molecule has 0 saturated heterocycles. The predicted octanol–water partition coefficient (Wildman–Crippen LogP) is 1.87. The molecule has 0 heterocycles.